The molecule has 0 fully saturated rings. The molecular weight excluding hydrogens is 268 g/mol. The van der Waals surface area contributed by atoms with Crippen molar-refractivity contribution >= 4 is 17.3 Å². The number of aromatic nitrogens is 4. The first-order chi connectivity index (χ1) is 9.10. The van der Waals surface area contributed by atoms with Gasteiger partial charge >= 0.3 is 5.97 Å². The third-order valence-electron chi connectivity index (χ3n) is 2.17. The predicted molar refractivity (Wildman–Crippen MR) is 68.6 cm³/mol. The molecule has 0 amide bonds. The van der Waals surface area contributed by atoms with Crippen LogP contribution in [-0.2, 0) is 4.74 Å². The van der Waals surface area contributed by atoms with E-state index in [1.807, 2.05) is 13.8 Å². The van der Waals surface area contributed by atoms with Crippen LogP contribution >= 0.6 is 11.3 Å². The van der Waals surface area contributed by atoms with Gasteiger partial charge in [-0.3, -0.25) is 4.68 Å². The van der Waals surface area contributed by atoms with E-state index in [2.05, 4.69) is 15.3 Å². The van der Waals surface area contributed by atoms with Crippen LogP contribution in [-0.4, -0.2) is 32.6 Å². The lowest BCUT2D eigenvalue weighted by atomic mass is 10.4. The molecule has 2 rings (SSSR count). The van der Waals surface area contributed by atoms with Crippen LogP contribution in [0.3, 0.4) is 0 Å². The molecule has 0 aliphatic heterocycles. The average Bonchev–Trinajstić information content (AvgIpc) is 2.99. The van der Waals surface area contributed by atoms with Gasteiger partial charge in [-0.25, -0.2) is 4.79 Å². The van der Waals surface area contributed by atoms with E-state index in [0.717, 1.165) is 11.3 Å². The van der Waals surface area contributed by atoms with Crippen molar-refractivity contribution in [2.24, 2.45) is 0 Å². The highest BCUT2D eigenvalue weighted by atomic mass is 32.1. The Balaban J connectivity index is 2.04. The van der Waals surface area contributed by atoms with Crippen molar-refractivity contribution in [1.82, 2.24) is 20.0 Å². The van der Waals surface area contributed by atoms with Crippen LogP contribution in [0, 0.1) is 0 Å². The molecule has 0 unspecified atom stereocenters. The van der Waals surface area contributed by atoms with Crippen molar-refractivity contribution in [2.75, 3.05) is 6.61 Å². The van der Waals surface area contributed by atoms with Gasteiger partial charge in [0.05, 0.1) is 19.0 Å². The molecule has 0 aliphatic rings. The van der Waals surface area contributed by atoms with Gasteiger partial charge in [-0.2, -0.15) is 5.10 Å². The van der Waals surface area contributed by atoms with E-state index in [1.54, 1.807) is 24.0 Å². The Morgan fingerprint density at radius 3 is 2.89 bits per heavy atom. The van der Waals surface area contributed by atoms with Crippen molar-refractivity contribution in [3.8, 4) is 10.9 Å². The standard InChI is InChI=1S/C11H14N4O3S/c1-4-17-10(16)9-13-14-11(19-9)18-8-5-12-15(6-8)7(2)3/h5-7H,4H2,1-3H3. The molecule has 0 radical (unpaired) electrons. The summed E-state index contributed by atoms with van der Waals surface area (Å²) in [5, 5.41) is 12.1. The van der Waals surface area contributed by atoms with Crippen molar-refractivity contribution in [1.29, 1.82) is 0 Å². The SMILES string of the molecule is CCOC(=O)c1nnc(Oc2cnn(C(C)C)c2)s1. The summed E-state index contributed by atoms with van der Waals surface area (Å²) in [6, 6.07) is 0.252. The highest BCUT2D eigenvalue weighted by Crippen LogP contribution is 2.25. The molecule has 2 aromatic heterocycles. The van der Waals surface area contributed by atoms with Gasteiger partial charge in [0.25, 0.3) is 5.19 Å². The van der Waals surface area contributed by atoms with Crippen molar-refractivity contribution < 1.29 is 14.3 Å². The molecule has 0 saturated heterocycles. The summed E-state index contributed by atoms with van der Waals surface area (Å²) >= 11 is 1.04. The fraction of sp³-hybridized carbons (Fsp3) is 0.455. The smallest absolute Gasteiger partial charge is 0.369 e. The number of rotatable bonds is 5. The fourth-order valence-electron chi connectivity index (χ4n) is 1.28. The number of hydrogen-bond donors (Lipinski definition) is 0. The number of esters is 1. The van der Waals surface area contributed by atoms with Crippen LogP contribution in [0.2, 0.25) is 0 Å². The Morgan fingerprint density at radius 1 is 1.47 bits per heavy atom. The molecule has 0 saturated carbocycles. The Bertz CT molecular complexity index is 564. The second-order valence-corrected chi connectivity index (χ2v) is 4.89. The van der Waals surface area contributed by atoms with Gasteiger partial charge in [0.15, 0.2) is 5.75 Å². The molecule has 0 aromatic carbocycles. The zero-order chi connectivity index (χ0) is 13.8. The second-order valence-electron chi connectivity index (χ2n) is 3.95. The lowest BCUT2D eigenvalue weighted by Crippen LogP contribution is -2.03. The van der Waals surface area contributed by atoms with Gasteiger partial charge in [0, 0.05) is 6.04 Å². The van der Waals surface area contributed by atoms with E-state index in [4.69, 9.17) is 9.47 Å². The molecular formula is C11H14N4O3S. The van der Waals surface area contributed by atoms with Crippen molar-refractivity contribution in [3.05, 3.63) is 17.4 Å². The lowest BCUT2D eigenvalue weighted by molar-refractivity contribution is 0.0525. The topological polar surface area (TPSA) is 79.1 Å². The highest BCUT2D eigenvalue weighted by molar-refractivity contribution is 7.14. The van der Waals surface area contributed by atoms with E-state index in [-0.39, 0.29) is 16.2 Å². The van der Waals surface area contributed by atoms with Crippen LogP contribution in [0.1, 0.15) is 36.6 Å². The Kier molecular flexibility index (Phi) is 4.10. The summed E-state index contributed by atoms with van der Waals surface area (Å²) in [6.45, 7) is 6.06. The second kappa shape index (κ2) is 5.79. The minimum atomic E-state index is -0.493. The van der Waals surface area contributed by atoms with Crippen molar-refractivity contribution in [3.63, 3.8) is 0 Å². The van der Waals surface area contributed by atoms with Gasteiger partial charge in [-0.15, -0.1) is 5.10 Å². The molecule has 2 aromatic rings. The molecule has 2 heterocycles. The quantitative estimate of drug-likeness (QED) is 0.783. The molecule has 19 heavy (non-hydrogen) atoms. The first-order valence-corrected chi connectivity index (χ1v) is 6.64. The normalized spacial score (nSPS) is 10.7. The first kappa shape index (κ1) is 13.5. The summed E-state index contributed by atoms with van der Waals surface area (Å²) < 4.78 is 12.1. The maximum Gasteiger partial charge on any atom is 0.369 e. The number of carbonyl (C=O) groups excluding carboxylic acids is 1. The zero-order valence-electron chi connectivity index (χ0n) is 10.9. The number of hydrogen-bond acceptors (Lipinski definition) is 7. The molecule has 0 spiro atoms. The van der Waals surface area contributed by atoms with Crippen LogP contribution < -0.4 is 4.74 Å². The Labute approximate surface area is 114 Å². The number of ether oxygens (including phenoxy) is 2. The molecule has 8 heteroatoms. The van der Waals surface area contributed by atoms with E-state index < -0.39 is 5.97 Å². The van der Waals surface area contributed by atoms with Gasteiger partial charge < -0.3 is 9.47 Å². The Morgan fingerprint density at radius 2 is 2.26 bits per heavy atom. The number of carbonyl (C=O) groups is 1. The summed E-state index contributed by atoms with van der Waals surface area (Å²) in [5.41, 5.74) is 0. The number of nitrogens with zero attached hydrogens (tertiary/aromatic N) is 4. The molecule has 0 atom stereocenters. The largest absolute Gasteiger partial charge is 0.461 e. The first-order valence-electron chi connectivity index (χ1n) is 5.82. The summed E-state index contributed by atoms with van der Waals surface area (Å²) in [7, 11) is 0. The van der Waals surface area contributed by atoms with Crippen LogP contribution in [0.25, 0.3) is 0 Å². The molecule has 0 aliphatic carbocycles. The molecule has 7 nitrogen and oxygen atoms in total. The monoisotopic (exact) mass is 282 g/mol. The highest BCUT2D eigenvalue weighted by Gasteiger charge is 2.15. The molecule has 102 valence electrons. The zero-order valence-corrected chi connectivity index (χ0v) is 11.7. The minimum absolute atomic E-state index is 0.174. The van der Waals surface area contributed by atoms with Gasteiger partial charge in [-0.05, 0) is 32.1 Å². The van der Waals surface area contributed by atoms with Crippen molar-refractivity contribution in [2.45, 2.75) is 26.8 Å². The third-order valence-corrected chi connectivity index (χ3v) is 2.95. The summed E-state index contributed by atoms with van der Waals surface area (Å²) in [6.07, 6.45) is 3.35. The van der Waals surface area contributed by atoms with E-state index >= 15 is 0 Å². The Hall–Kier alpha value is -1.96. The van der Waals surface area contributed by atoms with E-state index in [1.165, 1.54) is 0 Å². The third kappa shape index (κ3) is 3.28. The van der Waals surface area contributed by atoms with Crippen LogP contribution in [0.15, 0.2) is 12.4 Å². The van der Waals surface area contributed by atoms with Crippen LogP contribution in [0.5, 0.6) is 10.9 Å². The summed E-state index contributed by atoms with van der Waals surface area (Å²) in [5.74, 6) is 0.0629. The van der Waals surface area contributed by atoms with Crippen LogP contribution in [0.4, 0.5) is 0 Å². The van der Waals surface area contributed by atoms with E-state index in [9.17, 15) is 4.79 Å². The van der Waals surface area contributed by atoms with Gasteiger partial charge in [0.2, 0.25) is 5.01 Å². The fourth-order valence-corrected chi connectivity index (χ4v) is 1.89. The van der Waals surface area contributed by atoms with Gasteiger partial charge in [-0.1, -0.05) is 5.10 Å². The molecule has 0 N–H and O–H groups in total. The summed E-state index contributed by atoms with van der Waals surface area (Å²) in [4.78, 5) is 11.4. The average molecular weight is 282 g/mol. The maximum absolute atomic E-state index is 11.4. The molecule has 0 bridgehead atoms. The minimum Gasteiger partial charge on any atom is -0.461 e. The van der Waals surface area contributed by atoms with Gasteiger partial charge in [0.1, 0.15) is 0 Å². The predicted octanol–water partition coefficient (Wildman–Crippen LogP) is 2.28. The van der Waals surface area contributed by atoms with E-state index in [0.29, 0.717) is 12.4 Å². The lowest BCUT2D eigenvalue weighted by Gasteiger charge is -2.02. The maximum atomic E-state index is 11.4.